The molecule has 0 radical (unpaired) electrons. The number of hydrogen-bond donors (Lipinski definition) is 1. The van der Waals surface area contributed by atoms with Crippen LogP contribution in [0.3, 0.4) is 0 Å². The van der Waals surface area contributed by atoms with Crippen LogP contribution in [0.25, 0.3) is 28.1 Å². The second-order valence-electron chi connectivity index (χ2n) is 6.27. The van der Waals surface area contributed by atoms with Gasteiger partial charge in [0.25, 0.3) is 0 Å². The fraction of sp³-hybridized carbons (Fsp3) is 0.111. The van der Waals surface area contributed by atoms with Gasteiger partial charge in [-0.2, -0.15) is 5.10 Å². The molecule has 0 saturated heterocycles. The summed E-state index contributed by atoms with van der Waals surface area (Å²) >= 11 is 0. The van der Waals surface area contributed by atoms with E-state index in [9.17, 15) is 9.18 Å². The fourth-order valence-electron chi connectivity index (χ4n) is 3.18. The van der Waals surface area contributed by atoms with E-state index < -0.39 is 11.9 Å². The molecule has 0 saturated carbocycles. The summed E-state index contributed by atoms with van der Waals surface area (Å²) in [6.07, 6.45) is 9.36. The van der Waals surface area contributed by atoms with E-state index in [-0.39, 0.29) is 5.69 Å². The minimum Gasteiger partial charge on any atom is -0.303 e. The molecule has 9 nitrogen and oxygen atoms in total. The smallest absolute Gasteiger partial charge is 0.303 e. The number of H-pyrrole nitrogens is 1. The van der Waals surface area contributed by atoms with Crippen LogP contribution >= 0.6 is 0 Å². The van der Waals surface area contributed by atoms with Gasteiger partial charge < -0.3 is 4.98 Å². The molecule has 5 aromatic heterocycles. The van der Waals surface area contributed by atoms with Gasteiger partial charge in [-0.1, -0.05) is 0 Å². The van der Waals surface area contributed by atoms with Gasteiger partial charge in [0.2, 0.25) is 0 Å². The number of nitrogens with zero attached hydrogens (tertiary/aromatic N) is 7. The van der Waals surface area contributed by atoms with Gasteiger partial charge in [-0.15, -0.1) is 0 Å². The third-order valence-corrected chi connectivity index (χ3v) is 4.59. The number of fused-ring (bicyclic) bond motifs is 2. The third-order valence-electron chi connectivity index (χ3n) is 4.59. The molecule has 0 spiro atoms. The number of hydrogen-bond acceptors (Lipinski definition) is 6. The molecule has 28 heavy (non-hydrogen) atoms. The Morgan fingerprint density at radius 3 is 2.86 bits per heavy atom. The van der Waals surface area contributed by atoms with E-state index in [1.54, 1.807) is 48.5 Å². The first kappa shape index (κ1) is 16.2. The second kappa shape index (κ2) is 6.05. The lowest BCUT2D eigenvalue weighted by molar-refractivity contribution is 0.592. The summed E-state index contributed by atoms with van der Waals surface area (Å²) in [5.74, 6) is -0.0176. The van der Waals surface area contributed by atoms with Crippen molar-refractivity contribution in [2.45, 2.75) is 13.0 Å². The average molecular weight is 376 g/mol. The van der Waals surface area contributed by atoms with Crippen LogP contribution in [0.5, 0.6) is 0 Å². The summed E-state index contributed by atoms with van der Waals surface area (Å²) in [5.41, 5.74) is 2.57. The zero-order valence-corrected chi connectivity index (χ0v) is 14.6. The number of pyridine rings is 1. The Hall–Kier alpha value is -3.95. The SMILES string of the molecule is C[C@H](c1ccc(F)cn1)n1c(=O)[nH]c2cnc(-c3cnn4ccncc34)nc21. The Morgan fingerprint density at radius 1 is 1.14 bits per heavy atom. The van der Waals surface area contributed by atoms with Crippen LogP contribution in [-0.2, 0) is 0 Å². The van der Waals surface area contributed by atoms with Crippen LogP contribution in [0.1, 0.15) is 18.7 Å². The van der Waals surface area contributed by atoms with Crippen molar-refractivity contribution in [2.75, 3.05) is 0 Å². The van der Waals surface area contributed by atoms with Crippen molar-refractivity contribution in [2.24, 2.45) is 0 Å². The van der Waals surface area contributed by atoms with Gasteiger partial charge in [0.15, 0.2) is 11.5 Å². The molecule has 1 N–H and O–H groups in total. The third kappa shape index (κ3) is 2.46. The maximum atomic E-state index is 13.2. The van der Waals surface area contributed by atoms with Gasteiger partial charge in [-0.25, -0.2) is 23.7 Å². The second-order valence-corrected chi connectivity index (χ2v) is 6.27. The number of aromatic nitrogens is 8. The molecule has 138 valence electrons. The topological polar surface area (TPSA) is 107 Å². The van der Waals surface area contributed by atoms with Gasteiger partial charge >= 0.3 is 5.69 Å². The molecule has 0 aliphatic heterocycles. The van der Waals surface area contributed by atoms with Gasteiger partial charge in [0.05, 0.1) is 47.6 Å². The highest BCUT2D eigenvalue weighted by Crippen LogP contribution is 2.23. The summed E-state index contributed by atoms with van der Waals surface area (Å²) < 4.78 is 16.3. The first-order valence-corrected chi connectivity index (χ1v) is 8.48. The normalized spacial score (nSPS) is 12.6. The molecule has 0 aliphatic carbocycles. The molecule has 5 heterocycles. The molecule has 0 aliphatic rings. The van der Waals surface area contributed by atoms with E-state index in [1.165, 1.54) is 10.6 Å². The fourth-order valence-corrected chi connectivity index (χ4v) is 3.18. The molecule has 0 unspecified atom stereocenters. The van der Waals surface area contributed by atoms with E-state index in [0.717, 1.165) is 11.7 Å². The predicted octanol–water partition coefficient (Wildman–Crippen LogP) is 1.97. The van der Waals surface area contributed by atoms with Crippen molar-refractivity contribution >= 4 is 16.7 Å². The predicted molar refractivity (Wildman–Crippen MR) is 98.1 cm³/mol. The molecule has 5 aromatic rings. The van der Waals surface area contributed by atoms with E-state index in [4.69, 9.17) is 0 Å². The van der Waals surface area contributed by atoms with Crippen LogP contribution in [0.4, 0.5) is 4.39 Å². The largest absolute Gasteiger partial charge is 0.328 e. The van der Waals surface area contributed by atoms with Gasteiger partial charge in [-0.3, -0.25) is 14.5 Å². The zero-order chi connectivity index (χ0) is 19.3. The Labute approximate surface area is 156 Å². The van der Waals surface area contributed by atoms with E-state index >= 15 is 0 Å². The van der Waals surface area contributed by atoms with Crippen LogP contribution in [-0.4, -0.2) is 39.1 Å². The highest BCUT2D eigenvalue weighted by molar-refractivity contribution is 5.79. The number of imidazole rings is 1. The molecular weight excluding hydrogens is 363 g/mol. The van der Waals surface area contributed by atoms with Gasteiger partial charge in [-0.05, 0) is 19.1 Å². The van der Waals surface area contributed by atoms with Crippen molar-refractivity contribution in [1.82, 2.24) is 39.1 Å². The quantitative estimate of drug-likeness (QED) is 0.516. The van der Waals surface area contributed by atoms with Crippen LogP contribution < -0.4 is 5.69 Å². The molecule has 0 aromatic carbocycles. The lowest BCUT2D eigenvalue weighted by atomic mass is 10.2. The standard InChI is InChI=1S/C18H13FN8O/c1-10(13-3-2-11(19)6-21-13)27-17-14(24-18(27)28)8-22-16(25-17)12-7-23-26-5-4-20-9-15(12)26/h2-10H,1H3,(H,24,28)/t10-/m1/s1. The first-order chi connectivity index (χ1) is 13.6. The van der Waals surface area contributed by atoms with Crippen molar-refractivity contribution in [3.63, 3.8) is 0 Å². The summed E-state index contributed by atoms with van der Waals surface area (Å²) in [6, 6.07) is 2.41. The summed E-state index contributed by atoms with van der Waals surface area (Å²) in [7, 11) is 0. The van der Waals surface area contributed by atoms with Crippen molar-refractivity contribution in [3.8, 4) is 11.4 Å². The molecule has 10 heteroatoms. The number of rotatable bonds is 3. The number of nitrogens with one attached hydrogen (secondary N) is 1. The van der Waals surface area contributed by atoms with Crippen LogP contribution in [0.2, 0.25) is 0 Å². The zero-order valence-electron chi connectivity index (χ0n) is 14.6. The number of aromatic amines is 1. The van der Waals surface area contributed by atoms with Crippen LogP contribution in [0.15, 0.2) is 54.1 Å². The minimum atomic E-state index is -0.449. The Bertz CT molecular complexity index is 1370. The van der Waals surface area contributed by atoms with Crippen molar-refractivity contribution in [1.29, 1.82) is 0 Å². The summed E-state index contributed by atoms with van der Waals surface area (Å²) in [5, 5.41) is 4.27. The lowest BCUT2D eigenvalue weighted by Crippen LogP contribution is -2.22. The first-order valence-electron chi connectivity index (χ1n) is 8.48. The Balaban J connectivity index is 1.68. The molecule has 0 amide bonds. The Morgan fingerprint density at radius 2 is 2.04 bits per heavy atom. The minimum absolute atomic E-state index is 0.346. The van der Waals surface area contributed by atoms with Crippen molar-refractivity contribution in [3.05, 3.63) is 71.3 Å². The van der Waals surface area contributed by atoms with E-state index in [0.29, 0.717) is 28.2 Å². The highest BCUT2D eigenvalue weighted by Gasteiger charge is 2.19. The molecule has 1 atom stereocenters. The average Bonchev–Trinajstić information content (AvgIpc) is 3.27. The van der Waals surface area contributed by atoms with Crippen molar-refractivity contribution < 1.29 is 4.39 Å². The molecule has 5 rings (SSSR count). The Kier molecular flexibility index (Phi) is 3.51. The molecular formula is C18H13FN8O. The summed E-state index contributed by atoms with van der Waals surface area (Å²) in [6.45, 7) is 1.80. The number of halogens is 1. The lowest BCUT2D eigenvalue weighted by Gasteiger charge is -2.12. The monoisotopic (exact) mass is 376 g/mol. The summed E-state index contributed by atoms with van der Waals surface area (Å²) in [4.78, 5) is 32.4. The highest BCUT2D eigenvalue weighted by atomic mass is 19.1. The van der Waals surface area contributed by atoms with Crippen LogP contribution in [0, 0.1) is 5.82 Å². The molecule has 0 fully saturated rings. The molecule has 0 bridgehead atoms. The van der Waals surface area contributed by atoms with E-state index in [2.05, 4.69) is 30.0 Å². The van der Waals surface area contributed by atoms with Gasteiger partial charge in [0.1, 0.15) is 11.3 Å². The van der Waals surface area contributed by atoms with Gasteiger partial charge in [0, 0.05) is 12.4 Å². The maximum Gasteiger partial charge on any atom is 0.328 e. The maximum absolute atomic E-state index is 13.2. The van der Waals surface area contributed by atoms with E-state index in [1.807, 2.05) is 0 Å².